The highest BCUT2D eigenvalue weighted by atomic mass is 35.5. The molecule has 0 saturated carbocycles. The molecule has 6 heteroatoms. The van der Waals surface area contributed by atoms with Crippen LogP contribution in [0.1, 0.15) is 11.1 Å². The first-order chi connectivity index (χ1) is 12.8. The van der Waals surface area contributed by atoms with Gasteiger partial charge in [-0.2, -0.15) is 5.26 Å². The molecule has 0 aromatic heterocycles. The smallest absolute Gasteiger partial charge is 0.124 e. The second-order valence-electron chi connectivity index (χ2n) is 6.04. The Morgan fingerprint density at radius 2 is 1.96 bits per heavy atom. The van der Waals surface area contributed by atoms with Crippen LogP contribution in [0.2, 0.25) is 5.02 Å². The minimum atomic E-state index is 0.531. The fraction of sp³-hybridized carbons (Fsp3) is 0.350. The van der Waals surface area contributed by atoms with E-state index in [9.17, 15) is 5.26 Å². The maximum Gasteiger partial charge on any atom is 0.124 e. The van der Waals surface area contributed by atoms with Gasteiger partial charge in [0.05, 0.1) is 29.5 Å². The van der Waals surface area contributed by atoms with Crippen molar-refractivity contribution in [2.45, 2.75) is 6.54 Å². The van der Waals surface area contributed by atoms with Gasteiger partial charge in [0, 0.05) is 31.7 Å². The molecular formula is C20H22ClN3O2. The van der Waals surface area contributed by atoms with Gasteiger partial charge in [0.25, 0.3) is 0 Å². The molecule has 2 aromatic rings. The number of hydrogen-bond donors (Lipinski definition) is 1. The lowest BCUT2D eigenvalue weighted by Gasteiger charge is -2.26. The van der Waals surface area contributed by atoms with Crippen molar-refractivity contribution in [2.24, 2.45) is 0 Å². The Kier molecular flexibility index (Phi) is 6.73. The van der Waals surface area contributed by atoms with Crippen molar-refractivity contribution in [3.63, 3.8) is 0 Å². The van der Waals surface area contributed by atoms with Gasteiger partial charge < -0.3 is 14.8 Å². The van der Waals surface area contributed by atoms with E-state index >= 15 is 0 Å². The maximum atomic E-state index is 9.25. The molecule has 0 bridgehead atoms. The number of halogens is 1. The fourth-order valence-corrected chi connectivity index (χ4v) is 3.12. The third kappa shape index (κ3) is 4.89. The standard InChI is InChI=1S/C20H22ClN3O2/c21-18-6-3-5-16(14-22)20(18)23-15-17-4-1-2-7-19(17)26-13-10-24-8-11-25-12-9-24/h1-7,23H,8-13,15H2. The molecule has 1 aliphatic heterocycles. The van der Waals surface area contributed by atoms with E-state index in [0.29, 0.717) is 29.4 Å². The molecule has 0 spiro atoms. The van der Waals surface area contributed by atoms with Crippen LogP contribution in [0.4, 0.5) is 5.69 Å². The molecule has 1 fully saturated rings. The molecule has 0 radical (unpaired) electrons. The summed E-state index contributed by atoms with van der Waals surface area (Å²) < 4.78 is 11.4. The monoisotopic (exact) mass is 371 g/mol. The minimum absolute atomic E-state index is 0.531. The summed E-state index contributed by atoms with van der Waals surface area (Å²) in [7, 11) is 0. The quantitative estimate of drug-likeness (QED) is 0.806. The van der Waals surface area contributed by atoms with E-state index in [1.807, 2.05) is 24.3 Å². The van der Waals surface area contributed by atoms with Crippen LogP contribution in [-0.4, -0.2) is 44.4 Å². The van der Waals surface area contributed by atoms with Crippen LogP contribution in [0.25, 0.3) is 0 Å². The second-order valence-corrected chi connectivity index (χ2v) is 6.45. The topological polar surface area (TPSA) is 57.5 Å². The molecule has 1 heterocycles. The number of rotatable bonds is 7. The molecule has 5 nitrogen and oxygen atoms in total. The number of ether oxygens (including phenoxy) is 2. The van der Waals surface area contributed by atoms with Crippen molar-refractivity contribution >= 4 is 17.3 Å². The molecular weight excluding hydrogens is 350 g/mol. The predicted molar refractivity (Wildman–Crippen MR) is 103 cm³/mol. The van der Waals surface area contributed by atoms with Gasteiger partial charge in [0.15, 0.2) is 0 Å². The van der Waals surface area contributed by atoms with Gasteiger partial charge in [-0.15, -0.1) is 0 Å². The second kappa shape index (κ2) is 9.44. The van der Waals surface area contributed by atoms with Gasteiger partial charge in [-0.1, -0.05) is 35.9 Å². The highest BCUT2D eigenvalue weighted by Crippen LogP contribution is 2.27. The highest BCUT2D eigenvalue weighted by Gasteiger charge is 2.11. The Morgan fingerprint density at radius 3 is 2.77 bits per heavy atom. The summed E-state index contributed by atoms with van der Waals surface area (Å²) in [5, 5.41) is 13.1. The van der Waals surface area contributed by atoms with E-state index in [1.165, 1.54) is 0 Å². The summed E-state index contributed by atoms with van der Waals surface area (Å²) in [6.07, 6.45) is 0. The number of benzene rings is 2. The first-order valence-corrected chi connectivity index (χ1v) is 9.09. The number of hydrogen-bond acceptors (Lipinski definition) is 5. The van der Waals surface area contributed by atoms with Crippen LogP contribution >= 0.6 is 11.6 Å². The summed E-state index contributed by atoms with van der Waals surface area (Å²) in [4.78, 5) is 2.34. The van der Waals surface area contributed by atoms with Crippen molar-refractivity contribution in [1.82, 2.24) is 4.90 Å². The molecule has 1 saturated heterocycles. The first kappa shape index (κ1) is 18.5. The number of nitrogens with zero attached hydrogens (tertiary/aromatic N) is 2. The SMILES string of the molecule is N#Cc1cccc(Cl)c1NCc1ccccc1OCCN1CCOCC1. The van der Waals surface area contributed by atoms with Crippen LogP contribution in [-0.2, 0) is 11.3 Å². The largest absolute Gasteiger partial charge is 0.492 e. The summed E-state index contributed by atoms with van der Waals surface area (Å²) in [6.45, 7) is 5.54. The molecule has 0 aliphatic carbocycles. The van der Waals surface area contributed by atoms with Gasteiger partial charge in [0.1, 0.15) is 18.4 Å². The number of para-hydroxylation sites is 2. The molecule has 26 heavy (non-hydrogen) atoms. The van der Waals surface area contributed by atoms with Crippen LogP contribution in [0.3, 0.4) is 0 Å². The van der Waals surface area contributed by atoms with Crippen molar-refractivity contribution in [1.29, 1.82) is 5.26 Å². The summed E-state index contributed by atoms with van der Waals surface area (Å²) in [5.41, 5.74) is 2.21. The third-order valence-electron chi connectivity index (χ3n) is 4.33. The Labute approximate surface area is 159 Å². The van der Waals surface area contributed by atoms with Gasteiger partial charge in [0.2, 0.25) is 0 Å². The van der Waals surface area contributed by atoms with Gasteiger partial charge in [-0.05, 0) is 18.2 Å². The van der Waals surface area contributed by atoms with E-state index in [1.54, 1.807) is 18.2 Å². The maximum absolute atomic E-state index is 9.25. The Bertz CT molecular complexity index is 770. The van der Waals surface area contributed by atoms with E-state index in [-0.39, 0.29) is 0 Å². The summed E-state index contributed by atoms with van der Waals surface area (Å²) in [5.74, 6) is 0.846. The zero-order valence-electron chi connectivity index (χ0n) is 14.6. The molecule has 1 aliphatic rings. The summed E-state index contributed by atoms with van der Waals surface area (Å²) >= 11 is 6.22. The Balaban J connectivity index is 1.60. The first-order valence-electron chi connectivity index (χ1n) is 8.71. The van der Waals surface area contributed by atoms with Gasteiger partial charge in [-0.25, -0.2) is 0 Å². The molecule has 3 rings (SSSR count). The minimum Gasteiger partial charge on any atom is -0.492 e. The molecule has 1 N–H and O–H groups in total. The zero-order chi connectivity index (χ0) is 18.2. The molecule has 0 atom stereocenters. The van der Waals surface area contributed by atoms with E-state index in [4.69, 9.17) is 21.1 Å². The number of nitrogens with one attached hydrogen (secondary N) is 1. The van der Waals surface area contributed by atoms with Crippen molar-refractivity contribution in [3.8, 4) is 11.8 Å². The Hall–Kier alpha value is -2.26. The van der Waals surface area contributed by atoms with Crippen LogP contribution in [0.5, 0.6) is 5.75 Å². The van der Waals surface area contributed by atoms with Crippen LogP contribution in [0.15, 0.2) is 42.5 Å². The summed E-state index contributed by atoms with van der Waals surface area (Å²) in [6, 6.07) is 15.4. The fourth-order valence-electron chi connectivity index (χ4n) is 2.88. The molecule has 0 unspecified atom stereocenters. The number of anilines is 1. The van der Waals surface area contributed by atoms with E-state index < -0.39 is 0 Å². The number of nitriles is 1. The lowest BCUT2D eigenvalue weighted by Crippen LogP contribution is -2.38. The van der Waals surface area contributed by atoms with Gasteiger partial charge >= 0.3 is 0 Å². The zero-order valence-corrected chi connectivity index (χ0v) is 15.3. The Morgan fingerprint density at radius 1 is 1.15 bits per heavy atom. The van der Waals surface area contributed by atoms with Crippen molar-refractivity contribution in [3.05, 3.63) is 58.6 Å². The average Bonchev–Trinajstić information content (AvgIpc) is 2.68. The van der Waals surface area contributed by atoms with E-state index in [2.05, 4.69) is 16.3 Å². The number of morpholine rings is 1. The lowest BCUT2D eigenvalue weighted by atomic mass is 10.1. The van der Waals surface area contributed by atoms with Crippen LogP contribution < -0.4 is 10.1 Å². The molecule has 2 aromatic carbocycles. The van der Waals surface area contributed by atoms with Crippen LogP contribution in [0, 0.1) is 11.3 Å². The molecule has 0 amide bonds. The van der Waals surface area contributed by atoms with Crippen molar-refractivity contribution < 1.29 is 9.47 Å². The van der Waals surface area contributed by atoms with Crippen molar-refractivity contribution in [2.75, 3.05) is 44.8 Å². The highest BCUT2D eigenvalue weighted by molar-refractivity contribution is 6.33. The third-order valence-corrected chi connectivity index (χ3v) is 4.65. The predicted octanol–water partition coefficient (Wildman–Crippen LogP) is 3.53. The normalized spacial score (nSPS) is 14.6. The molecule has 136 valence electrons. The average molecular weight is 372 g/mol. The lowest BCUT2D eigenvalue weighted by molar-refractivity contribution is 0.0322. The van der Waals surface area contributed by atoms with E-state index in [0.717, 1.165) is 44.2 Å². The van der Waals surface area contributed by atoms with Gasteiger partial charge in [-0.3, -0.25) is 4.90 Å².